The van der Waals surface area contributed by atoms with Crippen LogP contribution in [0.25, 0.3) is 11.3 Å². The maximum absolute atomic E-state index is 12.2. The van der Waals surface area contributed by atoms with Crippen molar-refractivity contribution in [3.05, 3.63) is 70.9 Å². The Balaban J connectivity index is 1.72. The molecule has 1 aromatic heterocycles. The minimum absolute atomic E-state index is 0.289. The molecule has 2 aromatic carbocycles. The molecule has 0 bridgehead atoms. The lowest BCUT2D eigenvalue weighted by Crippen LogP contribution is -2.18. The van der Waals surface area contributed by atoms with Gasteiger partial charge in [-0.05, 0) is 24.3 Å². The average Bonchev–Trinajstić information content (AvgIpc) is 3.13. The van der Waals surface area contributed by atoms with Crippen LogP contribution in [0.4, 0.5) is 0 Å². The predicted octanol–water partition coefficient (Wildman–Crippen LogP) is 3.50. The quantitative estimate of drug-likeness (QED) is 0.543. The number of hydrogen-bond acceptors (Lipinski definition) is 4. The van der Waals surface area contributed by atoms with Crippen LogP contribution in [-0.4, -0.2) is 29.4 Å². The van der Waals surface area contributed by atoms with Gasteiger partial charge in [-0.1, -0.05) is 41.9 Å². The summed E-state index contributed by atoms with van der Waals surface area (Å²) in [5, 5.41) is 11.3. The van der Waals surface area contributed by atoms with Gasteiger partial charge in [-0.15, -0.1) is 0 Å². The summed E-state index contributed by atoms with van der Waals surface area (Å²) in [4.78, 5) is 12.2. The zero-order valence-electron chi connectivity index (χ0n) is 13.4. The van der Waals surface area contributed by atoms with Crippen LogP contribution in [0.5, 0.6) is 5.75 Å². The van der Waals surface area contributed by atoms with E-state index in [1.807, 2.05) is 36.4 Å². The lowest BCUT2D eigenvalue weighted by atomic mass is 10.1. The highest BCUT2D eigenvalue weighted by atomic mass is 35.5. The number of H-pyrrole nitrogens is 1. The molecule has 0 unspecified atom stereocenters. The Morgan fingerprint density at radius 1 is 1.24 bits per heavy atom. The molecular formula is C18H15ClN4O2. The first-order chi connectivity index (χ1) is 12.2. The molecule has 1 amide bonds. The zero-order chi connectivity index (χ0) is 17.6. The molecule has 25 heavy (non-hydrogen) atoms. The summed E-state index contributed by atoms with van der Waals surface area (Å²) in [5.41, 5.74) is 4.84. The van der Waals surface area contributed by atoms with E-state index >= 15 is 0 Å². The molecule has 0 fully saturated rings. The molecule has 126 valence electrons. The van der Waals surface area contributed by atoms with E-state index in [1.165, 1.54) is 6.21 Å². The summed E-state index contributed by atoms with van der Waals surface area (Å²) < 4.78 is 5.30. The Bertz CT molecular complexity index is 921. The third-order valence-electron chi connectivity index (χ3n) is 3.48. The molecule has 0 radical (unpaired) electrons. The number of methoxy groups -OCH3 is 1. The number of amides is 1. The van der Waals surface area contributed by atoms with Crippen LogP contribution in [0.2, 0.25) is 5.02 Å². The third-order valence-corrected chi connectivity index (χ3v) is 3.82. The SMILES string of the molecule is COc1ccccc1-c1cc(C(=O)N/N=C/c2ccccc2Cl)[nH]n1. The van der Waals surface area contributed by atoms with Crippen LogP contribution in [0, 0.1) is 0 Å². The van der Waals surface area contributed by atoms with Crippen LogP contribution in [0.15, 0.2) is 59.7 Å². The van der Waals surface area contributed by atoms with Crippen molar-refractivity contribution in [2.75, 3.05) is 7.11 Å². The molecule has 0 saturated heterocycles. The Morgan fingerprint density at radius 2 is 2.00 bits per heavy atom. The second kappa shape index (κ2) is 7.63. The largest absolute Gasteiger partial charge is 0.496 e. The highest BCUT2D eigenvalue weighted by Gasteiger charge is 2.13. The number of ether oxygens (including phenoxy) is 1. The topological polar surface area (TPSA) is 79.4 Å². The molecule has 0 aliphatic heterocycles. The number of halogens is 1. The number of para-hydroxylation sites is 1. The summed E-state index contributed by atoms with van der Waals surface area (Å²) in [6.07, 6.45) is 1.48. The number of carbonyl (C=O) groups is 1. The van der Waals surface area contributed by atoms with Crippen molar-refractivity contribution in [1.82, 2.24) is 15.6 Å². The number of rotatable bonds is 5. The van der Waals surface area contributed by atoms with Gasteiger partial charge < -0.3 is 4.74 Å². The third kappa shape index (κ3) is 3.87. The monoisotopic (exact) mass is 354 g/mol. The van der Waals surface area contributed by atoms with Crippen molar-refractivity contribution < 1.29 is 9.53 Å². The minimum atomic E-state index is -0.406. The van der Waals surface area contributed by atoms with Crippen LogP contribution >= 0.6 is 11.6 Å². The van der Waals surface area contributed by atoms with Gasteiger partial charge in [-0.2, -0.15) is 10.2 Å². The molecule has 7 heteroatoms. The molecule has 2 N–H and O–H groups in total. The fraction of sp³-hybridized carbons (Fsp3) is 0.0556. The molecule has 0 spiro atoms. The van der Waals surface area contributed by atoms with Crippen molar-refractivity contribution in [2.24, 2.45) is 5.10 Å². The van der Waals surface area contributed by atoms with Crippen molar-refractivity contribution in [2.45, 2.75) is 0 Å². The van der Waals surface area contributed by atoms with Gasteiger partial charge in [0.15, 0.2) is 0 Å². The first kappa shape index (κ1) is 16.7. The summed E-state index contributed by atoms with van der Waals surface area (Å²) in [5.74, 6) is 0.273. The zero-order valence-corrected chi connectivity index (χ0v) is 14.1. The fourth-order valence-electron chi connectivity index (χ4n) is 2.23. The number of benzene rings is 2. The van der Waals surface area contributed by atoms with E-state index in [4.69, 9.17) is 16.3 Å². The lowest BCUT2D eigenvalue weighted by molar-refractivity contribution is 0.0950. The van der Waals surface area contributed by atoms with Gasteiger partial charge in [0.2, 0.25) is 0 Å². The molecule has 1 heterocycles. The van der Waals surface area contributed by atoms with Gasteiger partial charge in [-0.25, -0.2) is 5.43 Å². The van der Waals surface area contributed by atoms with Crippen LogP contribution < -0.4 is 10.2 Å². The predicted molar refractivity (Wildman–Crippen MR) is 97.1 cm³/mol. The number of hydrogen-bond donors (Lipinski definition) is 2. The van der Waals surface area contributed by atoms with E-state index in [0.29, 0.717) is 22.0 Å². The maximum Gasteiger partial charge on any atom is 0.289 e. The minimum Gasteiger partial charge on any atom is -0.496 e. The Kier molecular flexibility index (Phi) is 5.11. The molecule has 3 rings (SSSR count). The molecule has 0 aliphatic carbocycles. The smallest absolute Gasteiger partial charge is 0.289 e. The normalized spacial score (nSPS) is 10.8. The van der Waals surface area contributed by atoms with Crippen LogP contribution in [0.3, 0.4) is 0 Å². The van der Waals surface area contributed by atoms with E-state index in [2.05, 4.69) is 20.7 Å². The van der Waals surface area contributed by atoms with Gasteiger partial charge in [0.1, 0.15) is 11.4 Å². The Hall–Kier alpha value is -3.12. The van der Waals surface area contributed by atoms with Crippen molar-refractivity contribution in [3.63, 3.8) is 0 Å². The number of aromatic nitrogens is 2. The highest BCUT2D eigenvalue weighted by Crippen LogP contribution is 2.28. The molecule has 0 saturated carbocycles. The van der Waals surface area contributed by atoms with Gasteiger partial charge in [0.25, 0.3) is 5.91 Å². The maximum atomic E-state index is 12.2. The van der Waals surface area contributed by atoms with Crippen LogP contribution in [-0.2, 0) is 0 Å². The van der Waals surface area contributed by atoms with Crippen molar-refractivity contribution >= 4 is 23.7 Å². The Labute approximate surface area is 149 Å². The Morgan fingerprint density at radius 3 is 2.80 bits per heavy atom. The molecule has 6 nitrogen and oxygen atoms in total. The van der Waals surface area contributed by atoms with Crippen molar-refractivity contribution in [1.29, 1.82) is 0 Å². The summed E-state index contributed by atoms with van der Waals surface area (Å²) in [6, 6.07) is 16.3. The molecule has 0 aliphatic rings. The van der Waals surface area contributed by atoms with Crippen molar-refractivity contribution in [3.8, 4) is 17.0 Å². The standard InChI is InChI=1S/C18H15ClN4O2/c1-25-17-9-5-3-7-13(17)15-10-16(22-21-15)18(24)23-20-11-12-6-2-4-8-14(12)19/h2-11H,1H3,(H,21,22)(H,23,24)/b20-11+. The molecule has 3 aromatic rings. The average molecular weight is 355 g/mol. The van der Waals surface area contributed by atoms with E-state index in [0.717, 1.165) is 5.56 Å². The number of carbonyl (C=O) groups excluding carboxylic acids is 1. The summed E-state index contributed by atoms with van der Waals surface area (Å²) in [7, 11) is 1.59. The highest BCUT2D eigenvalue weighted by molar-refractivity contribution is 6.33. The second-order valence-corrected chi connectivity index (χ2v) is 5.49. The van der Waals surface area contributed by atoms with E-state index in [9.17, 15) is 4.79 Å². The number of hydrazone groups is 1. The number of aromatic amines is 1. The first-order valence-corrected chi connectivity index (χ1v) is 7.83. The first-order valence-electron chi connectivity index (χ1n) is 7.46. The second-order valence-electron chi connectivity index (χ2n) is 5.09. The van der Waals surface area contributed by atoms with Gasteiger partial charge in [0.05, 0.1) is 19.0 Å². The summed E-state index contributed by atoms with van der Waals surface area (Å²) >= 11 is 6.02. The van der Waals surface area contributed by atoms with Gasteiger partial charge >= 0.3 is 0 Å². The van der Waals surface area contributed by atoms with Crippen LogP contribution in [0.1, 0.15) is 16.1 Å². The summed E-state index contributed by atoms with van der Waals surface area (Å²) in [6.45, 7) is 0. The van der Waals surface area contributed by atoms with E-state index in [1.54, 1.807) is 25.3 Å². The van der Waals surface area contributed by atoms with E-state index in [-0.39, 0.29) is 5.69 Å². The van der Waals surface area contributed by atoms with Gasteiger partial charge in [0, 0.05) is 16.1 Å². The van der Waals surface area contributed by atoms with Gasteiger partial charge in [-0.3, -0.25) is 9.89 Å². The lowest BCUT2D eigenvalue weighted by Gasteiger charge is -2.04. The molecular weight excluding hydrogens is 340 g/mol. The fourth-order valence-corrected chi connectivity index (χ4v) is 2.42. The number of nitrogens with one attached hydrogen (secondary N) is 2. The van der Waals surface area contributed by atoms with E-state index < -0.39 is 5.91 Å². The number of nitrogens with zero attached hydrogens (tertiary/aromatic N) is 2. The molecule has 0 atom stereocenters.